The van der Waals surface area contributed by atoms with E-state index in [9.17, 15) is 10.1 Å². The van der Waals surface area contributed by atoms with Crippen LogP contribution in [0.15, 0.2) is 18.2 Å². The van der Waals surface area contributed by atoms with E-state index in [1.165, 1.54) is 0 Å². The number of aryl methyl sites for hydroxylation is 1. The average molecular weight is 238 g/mol. The molecule has 0 atom stereocenters. The number of hydrogen-bond donors (Lipinski definition) is 0. The molecule has 0 unspecified atom stereocenters. The minimum atomic E-state index is -0.357. The van der Waals surface area contributed by atoms with Gasteiger partial charge in [0.05, 0.1) is 4.92 Å². The summed E-state index contributed by atoms with van der Waals surface area (Å²) in [4.78, 5) is 12.4. The third-order valence-corrected chi connectivity index (χ3v) is 2.66. The fourth-order valence-electron chi connectivity index (χ4n) is 1.66. The quantitative estimate of drug-likeness (QED) is 0.434. The molecule has 0 bridgehead atoms. The van der Waals surface area contributed by atoms with Crippen LogP contribution in [-0.2, 0) is 4.74 Å². The van der Waals surface area contributed by atoms with E-state index in [0.29, 0.717) is 5.56 Å². The third kappa shape index (κ3) is 3.71. The molecule has 0 aliphatic heterocycles. The molecule has 0 spiro atoms. The summed E-state index contributed by atoms with van der Waals surface area (Å²) in [5.74, 6) is 0. The van der Waals surface area contributed by atoms with Crippen LogP contribution in [0.1, 0.15) is 12.0 Å². The highest BCUT2D eigenvalue weighted by atomic mass is 16.6. The second-order valence-corrected chi connectivity index (χ2v) is 4.00. The highest BCUT2D eigenvalue weighted by Gasteiger charge is 2.11. The zero-order valence-electron chi connectivity index (χ0n) is 10.5. The average Bonchev–Trinajstić information content (AvgIpc) is 2.28. The van der Waals surface area contributed by atoms with Gasteiger partial charge in [0.15, 0.2) is 0 Å². The monoisotopic (exact) mass is 238 g/mol. The highest BCUT2D eigenvalue weighted by molar-refractivity contribution is 5.54. The van der Waals surface area contributed by atoms with Crippen LogP contribution in [0.3, 0.4) is 0 Å². The van der Waals surface area contributed by atoms with E-state index in [4.69, 9.17) is 4.74 Å². The zero-order valence-corrected chi connectivity index (χ0v) is 10.5. The minimum absolute atomic E-state index is 0.166. The molecule has 0 aliphatic carbocycles. The van der Waals surface area contributed by atoms with Gasteiger partial charge < -0.3 is 9.64 Å². The van der Waals surface area contributed by atoms with Gasteiger partial charge in [-0.15, -0.1) is 0 Å². The lowest BCUT2D eigenvalue weighted by atomic mass is 10.1. The molecule has 1 rings (SSSR count). The molecule has 0 amide bonds. The number of hydrogen-bond acceptors (Lipinski definition) is 4. The van der Waals surface area contributed by atoms with Gasteiger partial charge in [0, 0.05) is 44.6 Å². The first-order valence-corrected chi connectivity index (χ1v) is 5.51. The zero-order chi connectivity index (χ0) is 12.8. The first-order chi connectivity index (χ1) is 8.06. The maximum absolute atomic E-state index is 10.7. The molecule has 0 saturated carbocycles. The van der Waals surface area contributed by atoms with Crippen molar-refractivity contribution in [2.45, 2.75) is 13.3 Å². The molecule has 0 N–H and O–H groups in total. The molecule has 0 heterocycles. The minimum Gasteiger partial charge on any atom is -0.385 e. The van der Waals surface area contributed by atoms with Gasteiger partial charge in [-0.25, -0.2) is 0 Å². The molecule has 17 heavy (non-hydrogen) atoms. The van der Waals surface area contributed by atoms with Crippen LogP contribution in [0.4, 0.5) is 11.4 Å². The van der Waals surface area contributed by atoms with Crippen molar-refractivity contribution in [2.24, 2.45) is 0 Å². The summed E-state index contributed by atoms with van der Waals surface area (Å²) in [7, 11) is 3.65. The van der Waals surface area contributed by atoms with Crippen LogP contribution in [0.5, 0.6) is 0 Å². The van der Waals surface area contributed by atoms with Crippen LogP contribution < -0.4 is 4.90 Å². The fourth-order valence-corrected chi connectivity index (χ4v) is 1.66. The third-order valence-electron chi connectivity index (χ3n) is 2.66. The lowest BCUT2D eigenvalue weighted by molar-refractivity contribution is -0.385. The van der Waals surface area contributed by atoms with E-state index in [1.54, 1.807) is 26.2 Å². The SMILES string of the molecule is COCCCN(C)c1ccc([N+](=O)[O-])c(C)c1. The molecule has 0 fully saturated rings. The Morgan fingerprint density at radius 3 is 2.71 bits per heavy atom. The van der Waals surface area contributed by atoms with E-state index < -0.39 is 0 Å². The van der Waals surface area contributed by atoms with E-state index in [0.717, 1.165) is 25.3 Å². The Kier molecular flexibility index (Phi) is 4.90. The summed E-state index contributed by atoms with van der Waals surface area (Å²) in [5.41, 5.74) is 1.84. The maximum Gasteiger partial charge on any atom is 0.272 e. The topological polar surface area (TPSA) is 55.6 Å². The maximum atomic E-state index is 10.7. The van der Waals surface area contributed by atoms with Crippen LogP contribution in [0.2, 0.25) is 0 Å². The Morgan fingerprint density at radius 1 is 1.47 bits per heavy atom. The molecular formula is C12H18N2O3. The van der Waals surface area contributed by atoms with E-state index >= 15 is 0 Å². The van der Waals surface area contributed by atoms with Crippen LogP contribution in [0.25, 0.3) is 0 Å². The molecule has 94 valence electrons. The van der Waals surface area contributed by atoms with E-state index in [-0.39, 0.29) is 10.6 Å². The molecule has 0 saturated heterocycles. The second kappa shape index (κ2) is 6.20. The summed E-state index contributed by atoms with van der Waals surface area (Å²) < 4.78 is 4.99. The van der Waals surface area contributed by atoms with Crippen molar-refractivity contribution >= 4 is 11.4 Å². The Morgan fingerprint density at radius 2 is 2.18 bits per heavy atom. The van der Waals surface area contributed by atoms with E-state index in [2.05, 4.69) is 4.90 Å². The van der Waals surface area contributed by atoms with Gasteiger partial charge in [-0.3, -0.25) is 10.1 Å². The molecule has 0 aromatic heterocycles. The number of anilines is 1. The number of methoxy groups -OCH3 is 1. The Balaban J connectivity index is 2.72. The number of nitro groups is 1. The van der Waals surface area contributed by atoms with Gasteiger partial charge in [0.2, 0.25) is 0 Å². The number of nitrogens with zero attached hydrogens (tertiary/aromatic N) is 2. The Labute approximate surface area is 101 Å². The van der Waals surface area contributed by atoms with Gasteiger partial charge in [-0.1, -0.05) is 0 Å². The Hall–Kier alpha value is -1.62. The first kappa shape index (κ1) is 13.4. The molecule has 1 aromatic carbocycles. The predicted molar refractivity (Wildman–Crippen MR) is 67.6 cm³/mol. The number of nitro benzene ring substituents is 1. The first-order valence-electron chi connectivity index (χ1n) is 5.51. The standard InChI is InChI=1S/C12H18N2O3/c1-10-9-11(5-6-12(10)14(15)16)13(2)7-4-8-17-3/h5-6,9H,4,7-8H2,1-3H3. The van der Waals surface area contributed by atoms with E-state index in [1.807, 2.05) is 13.1 Å². The second-order valence-electron chi connectivity index (χ2n) is 4.00. The number of ether oxygens (including phenoxy) is 1. The smallest absolute Gasteiger partial charge is 0.272 e. The van der Waals surface area contributed by atoms with Crippen molar-refractivity contribution in [3.8, 4) is 0 Å². The molecule has 5 nitrogen and oxygen atoms in total. The van der Waals surface area contributed by atoms with Gasteiger partial charge in [-0.05, 0) is 25.5 Å². The normalized spacial score (nSPS) is 10.3. The summed E-state index contributed by atoms with van der Waals surface area (Å²) in [5, 5.41) is 10.7. The molecule has 5 heteroatoms. The van der Waals surface area contributed by atoms with Gasteiger partial charge >= 0.3 is 0 Å². The summed E-state index contributed by atoms with van der Waals surface area (Å²) in [6.45, 7) is 3.34. The van der Waals surface area contributed by atoms with Crippen LogP contribution in [-0.4, -0.2) is 32.2 Å². The van der Waals surface area contributed by atoms with Gasteiger partial charge in [0.1, 0.15) is 0 Å². The van der Waals surface area contributed by atoms with Gasteiger partial charge in [-0.2, -0.15) is 0 Å². The summed E-state index contributed by atoms with van der Waals surface area (Å²) in [6.07, 6.45) is 0.934. The molecule has 1 aromatic rings. The van der Waals surface area contributed by atoms with Crippen molar-refractivity contribution in [2.75, 3.05) is 32.2 Å². The van der Waals surface area contributed by atoms with Crippen LogP contribution >= 0.6 is 0 Å². The molecule has 0 radical (unpaired) electrons. The number of benzene rings is 1. The predicted octanol–water partition coefficient (Wildman–Crippen LogP) is 2.38. The van der Waals surface area contributed by atoms with Crippen molar-refractivity contribution < 1.29 is 9.66 Å². The van der Waals surface area contributed by atoms with Crippen molar-refractivity contribution in [3.63, 3.8) is 0 Å². The largest absolute Gasteiger partial charge is 0.385 e. The lowest BCUT2D eigenvalue weighted by Crippen LogP contribution is -2.19. The number of rotatable bonds is 6. The van der Waals surface area contributed by atoms with Crippen molar-refractivity contribution in [1.82, 2.24) is 0 Å². The highest BCUT2D eigenvalue weighted by Crippen LogP contribution is 2.23. The van der Waals surface area contributed by atoms with Crippen LogP contribution in [0, 0.1) is 17.0 Å². The summed E-state index contributed by atoms with van der Waals surface area (Å²) >= 11 is 0. The van der Waals surface area contributed by atoms with Crippen molar-refractivity contribution in [3.05, 3.63) is 33.9 Å². The Bertz CT molecular complexity index is 393. The summed E-state index contributed by atoms with van der Waals surface area (Å²) in [6, 6.07) is 5.17. The van der Waals surface area contributed by atoms with Gasteiger partial charge in [0.25, 0.3) is 5.69 Å². The molecular weight excluding hydrogens is 220 g/mol. The lowest BCUT2D eigenvalue weighted by Gasteiger charge is -2.19. The molecule has 0 aliphatic rings. The van der Waals surface area contributed by atoms with Crippen molar-refractivity contribution in [1.29, 1.82) is 0 Å². The fraction of sp³-hybridized carbons (Fsp3) is 0.500.